The van der Waals surface area contributed by atoms with E-state index < -0.39 is 5.97 Å². The molecule has 0 saturated heterocycles. The lowest BCUT2D eigenvalue weighted by Gasteiger charge is -2.25. The van der Waals surface area contributed by atoms with Crippen molar-refractivity contribution in [1.29, 1.82) is 0 Å². The number of rotatable bonds is 4. The quantitative estimate of drug-likeness (QED) is 0.391. The number of hydrogen-bond donors (Lipinski definition) is 0. The monoisotopic (exact) mass is 211 g/mol. The Hall–Kier alpha value is -1.70. The molecule has 0 heterocycles. The van der Waals surface area contributed by atoms with Crippen molar-refractivity contribution in [3.05, 3.63) is 22.9 Å². The molecule has 0 aromatic heterocycles. The van der Waals surface area contributed by atoms with Crippen molar-refractivity contribution >= 4 is 5.97 Å². The molecular formula is C10H17N3O2. The van der Waals surface area contributed by atoms with Gasteiger partial charge in [0.2, 0.25) is 0 Å². The maximum atomic E-state index is 11.5. The maximum absolute atomic E-state index is 11.5. The fourth-order valence-electron chi connectivity index (χ4n) is 1.21. The van der Waals surface area contributed by atoms with E-state index in [0.717, 1.165) is 0 Å². The molecule has 0 rings (SSSR count). The molecule has 5 heteroatoms. The lowest BCUT2D eigenvalue weighted by Crippen LogP contribution is -2.28. The van der Waals surface area contributed by atoms with Crippen molar-refractivity contribution in [2.75, 3.05) is 34.8 Å². The van der Waals surface area contributed by atoms with Crippen LogP contribution in [0.5, 0.6) is 0 Å². The van der Waals surface area contributed by atoms with Gasteiger partial charge in [0.1, 0.15) is 5.82 Å². The minimum Gasteiger partial charge on any atom is -0.471 e. The minimum atomic E-state index is -0.579. The summed E-state index contributed by atoms with van der Waals surface area (Å²) in [4.78, 5) is 18.1. The average molecular weight is 211 g/mol. The summed E-state index contributed by atoms with van der Waals surface area (Å²) in [5.74, 6) is -0.0339. The summed E-state index contributed by atoms with van der Waals surface area (Å²) >= 11 is 0. The van der Waals surface area contributed by atoms with Crippen LogP contribution in [0.3, 0.4) is 0 Å². The molecule has 0 aliphatic heterocycles. The molecule has 0 spiro atoms. The Bertz CT molecular complexity index is 290. The smallest absolute Gasteiger partial charge is 0.340 e. The standard InChI is InChI=1S/C10H17N3O2/c1-7-15-10(14)8(11-2)9(12(3)4)13(5)6/h7H2,1,3-6H3. The molecule has 15 heavy (non-hydrogen) atoms. The van der Waals surface area contributed by atoms with Gasteiger partial charge >= 0.3 is 11.7 Å². The topological polar surface area (TPSA) is 37.1 Å². The zero-order valence-electron chi connectivity index (χ0n) is 9.87. The highest BCUT2D eigenvalue weighted by molar-refractivity contribution is 5.91. The van der Waals surface area contributed by atoms with Crippen molar-refractivity contribution < 1.29 is 9.53 Å². The number of ether oxygens (including phenoxy) is 1. The molecule has 0 N–H and O–H groups in total. The Kier molecular flexibility index (Phi) is 5.24. The Morgan fingerprint density at radius 1 is 1.27 bits per heavy atom. The van der Waals surface area contributed by atoms with E-state index in [9.17, 15) is 4.79 Å². The van der Waals surface area contributed by atoms with Crippen LogP contribution in [-0.2, 0) is 9.53 Å². The molecule has 0 unspecified atom stereocenters. The van der Waals surface area contributed by atoms with Crippen molar-refractivity contribution in [2.45, 2.75) is 6.92 Å². The van der Waals surface area contributed by atoms with Gasteiger partial charge in [-0.15, -0.1) is 0 Å². The normalized spacial score (nSPS) is 8.80. The highest BCUT2D eigenvalue weighted by Gasteiger charge is 2.20. The second-order valence-electron chi connectivity index (χ2n) is 3.29. The molecule has 0 aliphatic carbocycles. The third-order valence-electron chi connectivity index (χ3n) is 1.64. The van der Waals surface area contributed by atoms with E-state index in [0.29, 0.717) is 5.82 Å². The number of carbonyl (C=O) groups excluding carboxylic acids is 1. The van der Waals surface area contributed by atoms with Gasteiger partial charge in [-0.1, -0.05) is 0 Å². The van der Waals surface area contributed by atoms with E-state index in [1.807, 2.05) is 0 Å². The van der Waals surface area contributed by atoms with Crippen molar-refractivity contribution in [2.24, 2.45) is 0 Å². The number of carbonyl (C=O) groups is 1. The summed E-state index contributed by atoms with van der Waals surface area (Å²) in [6.45, 7) is 8.98. The summed E-state index contributed by atoms with van der Waals surface area (Å²) < 4.78 is 4.81. The highest BCUT2D eigenvalue weighted by Crippen LogP contribution is 2.12. The lowest BCUT2D eigenvalue weighted by molar-refractivity contribution is -0.138. The van der Waals surface area contributed by atoms with Crippen LogP contribution in [0.4, 0.5) is 0 Å². The van der Waals surface area contributed by atoms with Gasteiger partial charge < -0.3 is 14.5 Å². The van der Waals surface area contributed by atoms with E-state index in [-0.39, 0.29) is 12.3 Å². The molecule has 5 nitrogen and oxygen atoms in total. The Balaban J connectivity index is 5.26. The van der Waals surface area contributed by atoms with Gasteiger partial charge in [0.05, 0.1) is 13.2 Å². The molecule has 0 atom stereocenters. The van der Waals surface area contributed by atoms with E-state index in [1.54, 1.807) is 44.9 Å². The Morgan fingerprint density at radius 2 is 1.73 bits per heavy atom. The molecule has 84 valence electrons. The highest BCUT2D eigenvalue weighted by atomic mass is 16.5. The molecular weight excluding hydrogens is 194 g/mol. The number of esters is 1. The van der Waals surface area contributed by atoms with Gasteiger partial charge in [-0.3, -0.25) is 4.79 Å². The second kappa shape index (κ2) is 5.91. The van der Waals surface area contributed by atoms with Gasteiger partial charge in [0, 0.05) is 28.2 Å². The van der Waals surface area contributed by atoms with Crippen LogP contribution in [0.1, 0.15) is 6.92 Å². The van der Waals surface area contributed by atoms with Crippen LogP contribution in [0.2, 0.25) is 0 Å². The third-order valence-corrected chi connectivity index (χ3v) is 1.64. The maximum Gasteiger partial charge on any atom is 0.340 e. The van der Waals surface area contributed by atoms with E-state index in [2.05, 4.69) is 4.85 Å². The zero-order valence-corrected chi connectivity index (χ0v) is 9.87. The summed E-state index contributed by atoms with van der Waals surface area (Å²) in [6.07, 6.45) is 0. The largest absolute Gasteiger partial charge is 0.471 e. The molecule has 0 aromatic carbocycles. The SMILES string of the molecule is [C-]#[N+]C(C(=O)OCC)=C(N(C)C)N(C)C. The predicted octanol–water partition coefficient (Wildman–Crippen LogP) is 0.761. The first-order valence-corrected chi connectivity index (χ1v) is 4.59. The van der Waals surface area contributed by atoms with Crippen LogP contribution in [-0.4, -0.2) is 50.6 Å². The number of nitrogens with zero attached hydrogens (tertiary/aromatic N) is 3. The first-order chi connectivity index (χ1) is 6.95. The first kappa shape index (κ1) is 13.3. The van der Waals surface area contributed by atoms with Gasteiger partial charge in [-0.25, -0.2) is 4.85 Å². The fraction of sp³-hybridized carbons (Fsp3) is 0.600. The average Bonchev–Trinajstić information content (AvgIpc) is 2.12. The zero-order chi connectivity index (χ0) is 12.0. The predicted molar refractivity (Wildman–Crippen MR) is 57.6 cm³/mol. The molecule has 0 aliphatic rings. The van der Waals surface area contributed by atoms with Gasteiger partial charge in [-0.2, -0.15) is 0 Å². The van der Waals surface area contributed by atoms with E-state index >= 15 is 0 Å². The van der Waals surface area contributed by atoms with E-state index in [4.69, 9.17) is 11.3 Å². The summed E-state index contributed by atoms with van der Waals surface area (Å²) in [6, 6.07) is 0. The molecule has 0 saturated carbocycles. The van der Waals surface area contributed by atoms with Crippen molar-refractivity contribution in [3.8, 4) is 0 Å². The lowest BCUT2D eigenvalue weighted by atomic mass is 10.4. The summed E-state index contributed by atoms with van der Waals surface area (Å²) in [7, 11) is 7.11. The van der Waals surface area contributed by atoms with Crippen LogP contribution < -0.4 is 0 Å². The summed E-state index contributed by atoms with van der Waals surface area (Å²) in [5, 5.41) is 0. The van der Waals surface area contributed by atoms with Crippen LogP contribution in [0.25, 0.3) is 4.85 Å². The molecule has 0 amide bonds. The van der Waals surface area contributed by atoms with Crippen LogP contribution >= 0.6 is 0 Å². The van der Waals surface area contributed by atoms with Crippen molar-refractivity contribution in [3.63, 3.8) is 0 Å². The van der Waals surface area contributed by atoms with Gasteiger partial charge in [0.15, 0.2) is 0 Å². The second-order valence-corrected chi connectivity index (χ2v) is 3.29. The van der Waals surface area contributed by atoms with E-state index in [1.165, 1.54) is 0 Å². The number of hydrogen-bond acceptors (Lipinski definition) is 4. The van der Waals surface area contributed by atoms with Gasteiger partial charge in [-0.05, 0) is 6.92 Å². The molecule has 0 bridgehead atoms. The van der Waals surface area contributed by atoms with Crippen LogP contribution in [0.15, 0.2) is 11.5 Å². The minimum absolute atomic E-state index is 0.00634. The Morgan fingerprint density at radius 3 is 2.00 bits per heavy atom. The van der Waals surface area contributed by atoms with Crippen molar-refractivity contribution in [1.82, 2.24) is 9.80 Å². The molecule has 0 fully saturated rings. The Labute approximate surface area is 90.7 Å². The molecule has 0 aromatic rings. The fourth-order valence-corrected chi connectivity index (χ4v) is 1.21. The summed E-state index contributed by atoms with van der Waals surface area (Å²) in [5.41, 5.74) is 0.00634. The van der Waals surface area contributed by atoms with Crippen LogP contribution in [0, 0.1) is 6.57 Å². The third kappa shape index (κ3) is 3.50. The van der Waals surface area contributed by atoms with Gasteiger partial charge in [0.25, 0.3) is 0 Å². The first-order valence-electron chi connectivity index (χ1n) is 4.59. The molecule has 0 radical (unpaired) electrons.